The zero-order valence-electron chi connectivity index (χ0n) is 20.3. The average Bonchev–Trinajstić information content (AvgIpc) is 2.73. The fourth-order valence-electron chi connectivity index (χ4n) is 4.11. The predicted octanol–water partition coefficient (Wildman–Crippen LogP) is 7.90. The molecule has 0 aromatic heterocycles. The fourth-order valence-corrected chi connectivity index (χ4v) is 14.1. The second kappa shape index (κ2) is 12.8. The zero-order chi connectivity index (χ0) is 22.7. The van der Waals surface area contributed by atoms with Crippen LogP contribution in [0.15, 0.2) is 18.2 Å². The van der Waals surface area contributed by atoms with Gasteiger partial charge in [-0.15, -0.1) is 0 Å². The van der Waals surface area contributed by atoms with Crippen molar-refractivity contribution in [3.63, 3.8) is 0 Å². The molecule has 0 heterocycles. The van der Waals surface area contributed by atoms with Crippen LogP contribution in [0.1, 0.15) is 65.7 Å². The van der Waals surface area contributed by atoms with Crippen LogP contribution in [0.2, 0.25) is 19.1 Å². The van der Waals surface area contributed by atoms with Crippen LogP contribution < -0.4 is 10.0 Å². The Kier molecular flexibility index (Phi) is 11.9. The number of phenolic OH excluding ortho intramolecular Hbond substituents is 1. The van der Waals surface area contributed by atoms with Crippen LogP contribution in [0.5, 0.6) is 11.5 Å². The summed E-state index contributed by atoms with van der Waals surface area (Å²) in [6, 6.07) is 6.88. The van der Waals surface area contributed by atoms with Crippen LogP contribution in [0, 0.1) is 0 Å². The number of halogens is 1. The molecule has 0 radical (unpaired) electrons. The number of unbranched alkanes of at least 4 members (excludes halogenated alkanes) is 3. The number of ether oxygens (including phenoxy) is 1. The van der Waals surface area contributed by atoms with Gasteiger partial charge in [0.25, 0.3) is 0 Å². The summed E-state index contributed by atoms with van der Waals surface area (Å²) in [5.74, 6) is 1.32. The molecule has 1 N–H and O–H groups in total. The number of hydrogen-bond donors (Lipinski definition) is 1. The Morgan fingerprint density at radius 2 is 1.47 bits per heavy atom. The normalized spacial score (nSPS) is 13.8. The Hall–Kier alpha value is -0.0931. The maximum atomic E-state index is 10.4. The minimum absolute atomic E-state index is 0.350. The van der Waals surface area contributed by atoms with E-state index in [4.69, 9.17) is 9.16 Å². The molecule has 0 saturated heterocycles. The third-order valence-electron chi connectivity index (χ3n) is 6.35. The van der Waals surface area contributed by atoms with Gasteiger partial charge in [-0.1, -0.05) is 0 Å². The molecule has 0 aliphatic heterocycles. The van der Waals surface area contributed by atoms with Crippen molar-refractivity contribution in [3.05, 3.63) is 18.2 Å². The van der Waals surface area contributed by atoms with Crippen molar-refractivity contribution in [2.45, 2.75) is 84.9 Å². The Morgan fingerprint density at radius 3 is 1.93 bits per heavy atom. The second-order valence-corrected chi connectivity index (χ2v) is 24.4. The van der Waals surface area contributed by atoms with Gasteiger partial charge in [0.15, 0.2) is 0 Å². The third-order valence-corrected chi connectivity index (χ3v) is 18.9. The number of phenols is 1. The van der Waals surface area contributed by atoms with Gasteiger partial charge in [-0.3, -0.25) is 0 Å². The van der Waals surface area contributed by atoms with Crippen LogP contribution in [0.3, 0.4) is 0 Å². The SMILES string of the molecule is CCCCP(Br)(CCCC)(CCCC)c1cc(O)ccc1OCCC[Si](C)(C)OC. The molecule has 0 fully saturated rings. The van der Waals surface area contributed by atoms with Crippen molar-refractivity contribution < 1.29 is 14.3 Å². The molecule has 0 spiro atoms. The molecule has 6 heteroatoms. The number of aromatic hydroxyl groups is 1. The summed E-state index contributed by atoms with van der Waals surface area (Å²) in [5, 5.41) is 9.29. The molecule has 0 amide bonds. The molecule has 1 aromatic rings. The van der Waals surface area contributed by atoms with E-state index in [-0.39, 0.29) is 0 Å². The standard InChI is InChI=1S/C24H46BrO3PSi/c1-7-10-17-29(25,18-11-8-2,19-12-9-3)24-21-22(26)14-15-23(24)28-16-13-20-30(5,6)27-4/h14-15,21,26H,7-13,16-20H2,1-6H3. The summed E-state index contributed by atoms with van der Waals surface area (Å²) in [7, 11) is 0.265. The summed E-state index contributed by atoms with van der Waals surface area (Å²) in [5.41, 5.74) is 0. The van der Waals surface area contributed by atoms with Gasteiger partial charge in [-0.25, -0.2) is 0 Å². The summed E-state index contributed by atoms with van der Waals surface area (Å²) in [6.07, 6.45) is 11.7. The van der Waals surface area contributed by atoms with Crippen LogP contribution in [-0.4, -0.2) is 45.6 Å². The second-order valence-electron chi connectivity index (χ2n) is 9.39. The zero-order valence-corrected chi connectivity index (χ0v) is 23.8. The molecular weight excluding hydrogens is 475 g/mol. The van der Waals surface area contributed by atoms with Crippen molar-refractivity contribution in [3.8, 4) is 11.5 Å². The summed E-state index contributed by atoms with van der Waals surface area (Å²) in [4.78, 5) is 0. The van der Waals surface area contributed by atoms with E-state index < -0.39 is 13.6 Å². The molecule has 1 aromatic carbocycles. The van der Waals surface area contributed by atoms with Gasteiger partial charge in [0.1, 0.15) is 0 Å². The molecule has 0 unspecified atom stereocenters. The third kappa shape index (κ3) is 8.11. The van der Waals surface area contributed by atoms with Gasteiger partial charge in [0, 0.05) is 0 Å². The average molecular weight is 522 g/mol. The van der Waals surface area contributed by atoms with E-state index in [1.165, 1.54) is 62.3 Å². The van der Waals surface area contributed by atoms with Gasteiger partial charge in [0.05, 0.1) is 0 Å². The molecule has 0 bridgehead atoms. The number of rotatable bonds is 16. The first-order valence-corrected chi connectivity index (χ1v) is 19.8. The quantitative estimate of drug-likeness (QED) is 0.137. The molecule has 0 atom stereocenters. The van der Waals surface area contributed by atoms with E-state index in [1.807, 2.05) is 19.2 Å². The van der Waals surface area contributed by atoms with E-state index in [1.54, 1.807) is 6.07 Å². The molecular formula is C24H46BrO3PSi. The van der Waals surface area contributed by atoms with E-state index in [2.05, 4.69) is 49.4 Å². The van der Waals surface area contributed by atoms with Gasteiger partial charge >= 0.3 is 195 Å². The molecule has 176 valence electrons. The monoisotopic (exact) mass is 520 g/mol. The topological polar surface area (TPSA) is 38.7 Å². The van der Waals surface area contributed by atoms with Crippen molar-refractivity contribution in [2.24, 2.45) is 0 Å². The summed E-state index contributed by atoms with van der Waals surface area (Å²) < 4.78 is 12.1. The molecule has 3 nitrogen and oxygen atoms in total. The van der Waals surface area contributed by atoms with Gasteiger partial charge in [-0.2, -0.15) is 0 Å². The predicted molar refractivity (Wildman–Crippen MR) is 142 cm³/mol. The molecule has 0 saturated carbocycles. The Morgan fingerprint density at radius 1 is 0.933 bits per heavy atom. The van der Waals surface area contributed by atoms with Crippen molar-refractivity contribution in [1.29, 1.82) is 0 Å². The Labute approximate surface area is 195 Å². The summed E-state index contributed by atoms with van der Waals surface area (Å²) in [6.45, 7) is 12.0. The fraction of sp³-hybridized carbons (Fsp3) is 0.750. The minimum atomic E-state index is -2.41. The van der Waals surface area contributed by atoms with E-state index >= 15 is 0 Å². The van der Waals surface area contributed by atoms with Gasteiger partial charge < -0.3 is 0 Å². The van der Waals surface area contributed by atoms with E-state index in [0.29, 0.717) is 12.4 Å². The van der Waals surface area contributed by atoms with Crippen molar-refractivity contribution in [1.82, 2.24) is 0 Å². The molecule has 1 rings (SSSR count). The van der Waals surface area contributed by atoms with Crippen molar-refractivity contribution >= 4 is 34.4 Å². The molecule has 0 aliphatic rings. The molecule has 0 aliphatic carbocycles. The first-order valence-electron chi connectivity index (χ1n) is 11.9. The van der Waals surface area contributed by atoms with E-state index in [9.17, 15) is 5.11 Å². The van der Waals surface area contributed by atoms with Crippen molar-refractivity contribution in [2.75, 3.05) is 32.2 Å². The molecule has 30 heavy (non-hydrogen) atoms. The Bertz CT molecular complexity index is 614. The first-order chi connectivity index (χ1) is 14.1. The maximum absolute atomic E-state index is 10.4. The Balaban J connectivity index is 3.28. The number of hydrogen-bond acceptors (Lipinski definition) is 3. The van der Waals surface area contributed by atoms with Crippen LogP contribution in [-0.2, 0) is 4.43 Å². The van der Waals surface area contributed by atoms with E-state index in [0.717, 1.165) is 18.2 Å². The van der Waals surface area contributed by atoms with Crippen LogP contribution in [0.25, 0.3) is 0 Å². The van der Waals surface area contributed by atoms with Crippen LogP contribution >= 0.6 is 20.8 Å². The van der Waals surface area contributed by atoms with Crippen LogP contribution in [0.4, 0.5) is 0 Å². The van der Waals surface area contributed by atoms with Gasteiger partial charge in [-0.05, 0) is 0 Å². The van der Waals surface area contributed by atoms with Gasteiger partial charge in [0.2, 0.25) is 0 Å². The number of benzene rings is 1. The summed E-state index contributed by atoms with van der Waals surface area (Å²) >= 11 is 4.47. The first kappa shape index (κ1) is 27.9.